The fourth-order valence-corrected chi connectivity index (χ4v) is 2.95. The van der Waals surface area contributed by atoms with Crippen molar-refractivity contribution in [2.45, 2.75) is 25.2 Å². The summed E-state index contributed by atoms with van der Waals surface area (Å²) in [7, 11) is -1.58. The molecular formula is C14H20BNO4S. The summed E-state index contributed by atoms with van der Waals surface area (Å²) in [5.74, 6) is 0.360. The minimum atomic E-state index is -1.58. The van der Waals surface area contributed by atoms with E-state index < -0.39 is 13.1 Å². The quantitative estimate of drug-likeness (QED) is 0.675. The van der Waals surface area contributed by atoms with Crippen LogP contribution in [0.5, 0.6) is 5.75 Å². The lowest BCUT2D eigenvalue weighted by atomic mass is 9.73. The molecule has 0 fully saturated rings. The second-order valence-corrected chi connectivity index (χ2v) is 6.12. The fraction of sp³-hybridized carbons (Fsp3) is 0.500. The SMILES string of the molecule is CSCC(=O)N[C@@H](CC1COc2c(C)cccc21)B(O)O. The van der Waals surface area contributed by atoms with Crippen molar-refractivity contribution in [2.75, 3.05) is 18.6 Å². The van der Waals surface area contributed by atoms with Crippen LogP contribution in [0.2, 0.25) is 0 Å². The summed E-state index contributed by atoms with van der Waals surface area (Å²) in [4.78, 5) is 11.6. The highest BCUT2D eigenvalue weighted by Crippen LogP contribution is 2.38. The third kappa shape index (κ3) is 3.93. The maximum Gasteiger partial charge on any atom is 0.475 e. The monoisotopic (exact) mass is 309 g/mol. The second-order valence-electron chi connectivity index (χ2n) is 5.26. The predicted octanol–water partition coefficient (Wildman–Crippen LogP) is 0.721. The maximum absolute atomic E-state index is 11.6. The molecule has 1 aromatic carbocycles. The number of para-hydroxylation sites is 1. The average molecular weight is 309 g/mol. The number of carbonyl (C=O) groups excluding carboxylic acids is 1. The molecule has 2 rings (SSSR count). The number of thioether (sulfide) groups is 1. The molecule has 1 aliphatic heterocycles. The highest BCUT2D eigenvalue weighted by atomic mass is 32.2. The molecule has 0 aliphatic carbocycles. The molecule has 2 atom stereocenters. The van der Waals surface area contributed by atoms with E-state index in [0.717, 1.165) is 16.9 Å². The van der Waals surface area contributed by atoms with Gasteiger partial charge in [0.1, 0.15) is 5.75 Å². The minimum Gasteiger partial charge on any atom is -0.492 e. The van der Waals surface area contributed by atoms with E-state index in [1.807, 2.05) is 31.4 Å². The zero-order valence-electron chi connectivity index (χ0n) is 12.2. The molecule has 7 heteroatoms. The van der Waals surface area contributed by atoms with Crippen molar-refractivity contribution in [3.8, 4) is 5.75 Å². The molecule has 1 aliphatic rings. The van der Waals surface area contributed by atoms with Gasteiger partial charge in [-0.2, -0.15) is 11.8 Å². The van der Waals surface area contributed by atoms with Crippen LogP contribution in [0.15, 0.2) is 18.2 Å². The summed E-state index contributed by atoms with van der Waals surface area (Å²) >= 11 is 1.40. The Labute approximate surface area is 129 Å². The summed E-state index contributed by atoms with van der Waals surface area (Å²) < 4.78 is 5.69. The second kappa shape index (κ2) is 7.20. The van der Waals surface area contributed by atoms with Gasteiger partial charge in [0.15, 0.2) is 0 Å². The Hall–Kier alpha value is -1.18. The molecule has 3 N–H and O–H groups in total. The third-order valence-corrected chi connectivity index (χ3v) is 4.18. The molecule has 5 nitrogen and oxygen atoms in total. The van der Waals surface area contributed by atoms with Crippen molar-refractivity contribution in [3.05, 3.63) is 29.3 Å². The Morgan fingerprint density at radius 1 is 1.57 bits per heavy atom. The largest absolute Gasteiger partial charge is 0.492 e. The molecule has 1 amide bonds. The van der Waals surface area contributed by atoms with Gasteiger partial charge in [0.2, 0.25) is 5.91 Å². The number of ether oxygens (including phenoxy) is 1. The van der Waals surface area contributed by atoms with Crippen LogP contribution in [0.3, 0.4) is 0 Å². The van der Waals surface area contributed by atoms with Crippen LogP contribution in [0.25, 0.3) is 0 Å². The van der Waals surface area contributed by atoms with Crippen LogP contribution >= 0.6 is 11.8 Å². The van der Waals surface area contributed by atoms with E-state index >= 15 is 0 Å². The number of rotatable bonds is 6. The van der Waals surface area contributed by atoms with Gasteiger partial charge in [-0.25, -0.2) is 0 Å². The highest BCUT2D eigenvalue weighted by Gasteiger charge is 2.33. The van der Waals surface area contributed by atoms with E-state index in [1.54, 1.807) is 0 Å². The van der Waals surface area contributed by atoms with Crippen LogP contribution in [0.1, 0.15) is 23.5 Å². The number of carbonyl (C=O) groups is 1. The molecular weight excluding hydrogens is 289 g/mol. The lowest BCUT2D eigenvalue weighted by Crippen LogP contribution is -2.48. The van der Waals surface area contributed by atoms with Gasteiger partial charge in [0.05, 0.1) is 18.3 Å². The Bertz CT molecular complexity index is 512. The molecule has 21 heavy (non-hydrogen) atoms. The Balaban J connectivity index is 2.06. The number of amides is 1. The molecule has 0 aromatic heterocycles. The van der Waals surface area contributed by atoms with Crippen LogP contribution in [0.4, 0.5) is 0 Å². The number of benzene rings is 1. The summed E-state index contributed by atoms with van der Waals surface area (Å²) in [6, 6.07) is 5.94. The topological polar surface area (TPSA) is 78.8 Å². The van der Waals surface area contributed by atoms with E-state index in [9.17, 15) is 14.8 Å². The van der Waals surface area contributed by atoms with Gasteiger partial charge in [0.25, 0.3) is 0 Å². The van der Waals surface area contributed by atoms with E-state index in [4.69, 9.17) is 4.74 Å². The standard InChI is InChI=1S/C14H20BNO4S/c1-9-4-3-5-11-10(7-20-14(9)11)6-12(15(18)19)16-13(17)8-21-2/h3-5,10,12,18-19H,6-8H2,1-2H3,(H,16,17)/t10?,12-/m0/s1. The Kier molecular flexibility index (Phi) is 5.55. The molecule has 1 heterocycles. The van der Waals surface area contributed by atoms with Crippen molar-refractivity contribution >= 4 is 24.8 Å². The fourth-order valence-electron chi connectivity index (χ4n) is 2.60. The van der Waals surface area contributed by atoms with Gasteiger partial charge >= 0.3 is 7.12 Å². The van der Waals surface area contributed by atoms with Crippen molar-refractivity contribution < 1.29 is 19.6 Å². The molecule has 0 saturated heterocycles. The van der Waals surface area contributed by atoms with Crippen LogP contribution in [0, 0.1) is 6.92 Å². The average Bonchev–Trinajstić information content (AvgIpc) is 2.83. The van der Waals surface area contributed by atoms with Crippen molar-refractivity contribution in [1.82, 2.24) is 5.32 Å². The maximum atomic E-state index is 11.6. The lowest BCUT2D eigenvalue weighted by molar-refractivity contribution is -0.119. The first-order valence-electron chi connectivity index (χ1n) is 6.89. The molecule has 0 bridgehead atoms. The number of fused-ring (bicyclic) bond motifs is 1. The van der Waals surface area contributed by atoms with E-state index in [2.05, 4.69) is 5.32 Å². The van der Waals surface area contributed by atoms with Gasteiger partial charge in [-0.1, -0.05) is 18.2 Å². The third-order valence-electron chi connectivity index (χ3n) is 3.63. The lowest BCUT2D eigenvalue weighted by Gasteiger charge is -2.20. The van der Waals surface area contributed by atoms with Crippen LogP contribution in [-0.2, 0) is 4.79 Å². The van der Waals surface area contributed by atoms with E-state index in [1.165, 1.54) is 11.8 Å². The molecule has 1 aromatic rings. The number of hydrogen-bond donors (Lipinski definition) is 3. The van der Waals surface area contributed by atoms with Gasteiger partial charge in [-0.05, 0) is 25.2 Å². The van der Waals surface area contributed by atoms with Crippen molar-refractivity contribution in [3.63, 3.8) is 0 Å². The number of hydrogen-bond acceptors (Lipinski definition) is 5. The Morgan fingerprint density at radius 3 is 3.00 bits per heavy atom. The van der Waals surface area contributed by atoms with Crippen LogP contribution in [-0.4, -0.2) is 47.6 Å². The summed E-state index contributed by atoms with van der Waals surface area (Å²) in [6.45, 7) is 2.49. The van der Waals surface area contributed by atoms with Gasteiger partial charge in [-0.3, -0.25) is 4.79 Å². The highest BCUT2D eigenvalue weighted by molar-refractivity contribution is 7.99. The number of nitrogens with one attached hydrogen (secondary N) is 1. The molecule has 0 radical (unpaired) electrons. The zero-order valence-corrected chi connectivity index (χ0v) is 13.0. The van der Waals surface area contributed by atoms with Gasteiger partial charge < -0.3 is 20.1 Å². The van der Waals surface area contributed by atoms with Gasteiger partial charge in [-0.15, -0.1) is 0 Å². The van der Waals surface area contributed by atoms with Gasteiger partial charge in [0, 0.05) is 11.5 Å². The van der Waals surface area contributed by atoms with E-state index in [-0.39, 0.29) is 11.8 Å². The predicted molar refractivity (Wildman–Crippen MR) is 84.5 cm³/mol. The normalized spacial score (nSPS) is 17.8. The first-order chi connectivity index (χ1) is 10.0. The summed E-state index contributed by atoms with van der Waals surface area (Å²) in [5.41, 5.74) is 2.14. The molecule has 1 unspecified atom stereocenters. The molecule has 0 saturated carbocycles. The van der Waals surface area contributed by atoms with Crippen molar-refractivity contribution in [2.24, 2.45) is 0 Å². The van der Waals surface area contributed by atoms with E-state index in [0.29, 0.717) is 18.8 Å². The zero-order chi connectivity index (χ0) is 15.4. The first-order valence-corrected chi connectivity index (χ1v) is 8.29. The van der Waals surface area contributed by atoms with Crippen LogP contribution < -0.4 is 10.1 Å². The number of aryl methyl sites for hydroxylation is 1. The van der Waals surface area contributed by atoms with Crippen molar-refractivity contribution in [1.29, 1.82) is 0 Å². The Morgan fingerprint density at radius 2 is 2.33 bits per heavy atom. The first kappa shape index (κ1) is 16.2. The molecule has 0 spiro atoms. The molecule has 114 valence electrons. The smallest absolute Gasteiger partial charge is 0.475 e. The summed E-state index contributed by atoms with van der Waals surface area (Å²) in [5, 5.41) is 21.6. The summed E-state index contributed by atoms with van der Waals surface area (Å²) in [6.07, 6.45) is 2.27. The minimum absolute atomic E-state index is 0.0567.